The second-order valence-electron chi connectivity index (χ2n) is 7.77. The molecule has 0 N–H and O–H groups in total. The first-order chi connectivity index (χ1) is 15.5. The standard InChI is InChI=1S/C24H19N3O5/c1-32-24(31)15-10-5-6-11-16(15)26-22(29)18-17-12-7-13-25-27(17)20(19(18)23(26)30)21(28)14-8-3-2-4-9-14/h2-13,17-20H,1H3/t17?,18-,19-,20+/m1/s1. The maximum absolute atomic E-state index is 13.6. The van der Waals surface area contributed by atoms with Crippen molar-refractivity contribution in [3.05, 3.63) is 77.9 Å². The minimum atomic E-state index is -0.930. The van der Waals surface area contributed by atoms with Crippen molar-refractivity contribution in [3.8, 4) is 0 Å². The molecule has 2 saturated heterocycles. The van der Waals surface area contributed by atoms with Crippen LogP contribution in [0.15, 0.2) is 71.9 Å². The van der Waals surface area contributed by atoms with Crippen LogP contribution in [0.3, 0.4) is 0 Å². The molecule has 0 spiro atoms. The fraction of sp³-hybridized carbons (Fsp3) is 0.208. The molecule has 160 valence electrons. The number of esters is 1. The number of hydrogen-bond acceptors (Lipinski definition) is 7. The normalized spacial score (nSPS) is 25.7. The number of carbonyl (C=O) groups is 4. The van der Waals surface area contributed by atoms with E-state index in [0.717, 1.165) is 4.90 Å². The third-order valence-electron chi connectivity index (χ3n) is 6.17. The third kappa shape index (κ3) is 2.80. The van der Waals surface area contributed by atoms with Gasteiger partial charge in [-0.15, -0.1) is 0 Å². The van der Waals surface area contributed by atoms with Crippen LogP contribution in [0.1, 0.15) is 20.7 Å². The zero-order valence-corrected chi connectivity index (χ0v) is 17.1. The number of methoxy groups -OCH3 is 1. The van der Waals surface area contributed by atoms with E-state index in [1.165, 1.54) is 19.2 Å². The van der Waals surface area contributed by atoms with Crippen LogP contribution in [0.2, 0.25) is 0 Å². The number of carbonyl (C=O) groups excluding carboxylic acids is 4. The van der Waals surface area contributed by atoms with Crippen LogP contribution in [0.5, 0.6) is 0 Å². The van der Waals surface area contributed by atoms with Crippen LogP contribution in [0, 0.1) is 11.8 Å². The summed E-state index contributed by atoms with van der Waals surface area (Å²) >= 11 is 0. The van der Waals surface area contributed by atoms with Gasteiger partial charge >= 0.3 is 5.97 Å². The van der Waals surface area contributed by atoms with Gasteiger partial charge in [-0.1, -0.05) is 48.5 Å². The third-order valence-corrected chi connectivity index (χ3v) is 6.17. The van der Waals surface area contributed by atoms with E-state index in [1.807, 2.05) is 0 Å². The summed E-state index contributed by atoms with van der Waals surface area (Å²) in [4.78, 5) is 54.0. The van der Waals surface area contributed by atoms with Crippen LogP contribution in [0.25, 0.3) is 0 Å². The Balaban J connectivity index is 1.60. The average Bonchev–Trinajstić information content (AvgIpc) is 3.31. The van der Waals surface area contributed by atoms with Crippen molar-refractivity contribution in [2.24, 2.45) is 16.9 Å². The summed E-state index contributed by atoms with van der Waals surface area (Å²) in [5.41, 5.74) is 0.705. The molecule has 3 aliphatic heterocycles. The van der Waals surface area contributed by atoms with Gasteiger partial charge in [-0.05, 0) is 18.2 Å². The maximum atomic E-state index is 13.6. The highest BCUT2D eigenvalue weighted by atomic mass is 16.5. The number of ketones is 1. The number of benzene rings is 2. The number of imide groups is 1. The number of rotatable bonds is 4. The molecular formula is C24H19N3O5. The van der Waals surface area contributed by atoms with E-state index in [4.69, 9.17) is 4.74 Å². The molecule has 2 fully saturated rings. The van der Waals surface area contributed by atoms with Crippen LogP contribution < -0.4 is 4.90 Å². The molecule has 8 nitrogen and oxygen atoms in total. The molecule has 3 aliphatic rings. The Bertz CT molecular complexity index is 1190. The summed E-state index contributed by atoms with van der Waals surface area (Å²) in [5, 5.41) is 5.89. The molecule has 0 aliphatic carbocycles. The van der Waals surface area contributed by atoms with E-state index in [1.54, 1.807) is 65.8 Å². The lowest BCUT2D eigenvalue weighted by Gasteiger charge is -2.30. The van der Waals surface area contributed by atoms with E-state index < -0.39 is 41.7 Å². The summed E-state index contributed by atoms with van der Waals surface area (Å²) in [6.45, 7) is 0. The van der Waals surface area contributed by atoms with E-state index >= 15 is 0 Å². The first-order valence-electron chi connectivity index (χ1n) is 10.2. The summed E-state index contributed by atoms with van der Waals surface area (Å²) in [5.74, 6) is -3.63. The quantitative estimate of drug-likeness (QED) is 0.419. The Morgan fingerprint density at radius 1 is 0.938 bits per heavy atom. The summed E-state index contributed by atoms with van der Waals surface area (Å²) in [6, 6.07) is 13.5. The van der Waals surface area contributed by atoms with Crippen molar-refractivity contribution >= 4 is 35.5 Å². The molecule has 2 aromatic rings. The summed E-state index contributed by atoms with van der Waals surface area (Å²) in [6.07, 6.45) is 5.03. The largest absolute Gasteiger partial charge is 0.465 e. The lowest BCUT2D eigenvalue weighted by atomic mass is 9.86. The summed E-state index contributed by atoms with van der Waals surface area (Å²) < 4.78 is 4.82. The zero-order chi connectivity index (χ0) is 22.4. The second kappa shape index (κ2) is 7.56. The smallest absolute Gasteiger partial charge is 0.339 e. The molecule has 3 heterocycles. The number of para-hydroxylation sites is 1. The Morgan fingerprint density at radius 2 is 1.62 bits per heavy atom. The fourth-order valence-corrected chi connectivity index (χ4v) is 4.80. The Hall–Kier alpha value is -4.07. The number of amides is 2. The van der Waals surface area contributed by atoms with Crippen LogP contribution in [0.4, 0.5) is 5.69 Å². The van der Waals surface area contributed by atoms with Gasteiger partial charge in [-0.2, -0.15) is 5.10 Å². The molecule has 2 aromatic carbocycles. The maximum Gasteiger partial charge on any atom is 0.339 e. The molecule has 4 atom stereocenters. The molecular weight excluding hydrogens is 410 g/mol. The van der Waals surface area contributed by atoms with Crippen molar-refractivity contribution in [2.75, 3.05) is 12.0 Å². The minimum Gasteiger partial charge on any atom is -0.465 e. The predicted octanol–water partition coefficient (Wildman–Crippen LogP) is 2.07. The van der Waals surface area contributed by atoms with Crippen molar-refractivity contribution in [1.82, 2.24) is 5.01 Å². The van der Waals surface area contributed by atoms with Gasteiger partial charge in [0.2, 0.25) is 11.8 Å². The lowest BCUT2D eigenvalue weighted by Crippen LogP contribution is -2.46. The van der Waals surface area contributed by atoms with Gasteiger partial charge in [0.05, 0.1) is 36.2 Å². The Kier molecular flexibility index (Phi) is 4.70. The number of ether oxygens (including phenoxy) is 1. The number of Topliss-reactive ketones (excluding diaryl/α,β-unsaturated/α-hetero) is 1. The molecule has 5 rings (SSSR count). The van der Waals surface area contributed by atoms with Crippen molar-refractivity contribution in [1.29, 1.82) is 0 Å². The highest BCUT2D eigenvalue weighted by Crippen LogP contribution is 2.46. The number of nitrogens with zero attached hydrogens (tertiary/aromatic N) is 3. The van der Waals surface area contributed by atoms with Gasteiger partial charge in [-0.25, -0.2) is 9.69 Å². The van der Waals surface area contributed by atoms with Gasteiger partial charge in [0.25, 0.3) is 0 Å². The van der Waals surface area contributed by atoms with E-state index in [2.05, 4.69) is 5.10 Å². The van der Waals surface area contributed by atoms with Crippen LogP contribution in [-0.2, 0) is 14.3 Å². The zero-order valence-electron chi connectivity index (χ0n) is 17.1. The monoisotopic (exact) mass is 429 g/mol. The SMILES string of the molecule is COC(=O)c1ccccc1N1C(=O)[C@@H]2[C@H](C1=O)C1C=CC=NN1[C@@H]2C(=O)c1ccccc1. The fourth-order valence-electron chi connectivity index (χ4n) is 4.80. The van der Waals surface area contributed by atoms with Crippen LogP contribution in [-0.4, -0.2) is 54.0 Å². The highest BCUT2D eigenvalue weighted by molar-refractivity contribution is 6.26. The topological polar surface area (TPSA) is 96.3 Å². The van der Waals surface area contributed by atoms with Crippen molar-refractivity contribution < 1.29 is 23.9 Å². The average molecular weight is 429 g/mol. The first kappa shape index (κ1) is 19.9. The number of hydrogen-bond donors (Lipinski definition) is 0. The molecule has 0 aromatic heterocycles. The Labute approximate surface area is 183 Å². The van der Waals surface area contributed by atoms with Crippen molar-refractivity contribution in [3.63, 3.8) is 0 Å². The number of allylic oxidation sites excluding steroid dienone is 1. The molecule has 2 amide bonds. The molecule has 8 heteroatoms. The lowest BCUT2D eigenvalue weighted by molar-refractivity contribution is -0.123. The summed E-state index contributed by atoms with van der Waals surface area (Å²) in [7, 11) is 1.23. The molecule has 0 bridgehead atoms. The van der Waals surface area contributed by atoms with Gasteiger partial charge in [0, 0.05) is 11.8 Å². The van der Waals surface area contributed by atoms with E-state index in [-0.39, 0.29) is 17.0 Å². The van der Waals surface area contributed by atoms with Crippen molar-refractivity contribution in [2.45, 2.75) is 12.1 Å². The molecule has 0 radical (unpaired) electrons. The van der Waals surface area contributed by atoms with Crippen LogP contribution >= 0.6 is 0 Å². The molecule has 32 heavy (non-hydrogen) atoms. The number of fused-ring (bicyclic) bond motifs is 3. The molecule has 0 saturated carbocycles. The first-order valence-corrected chi connectivity index (χ1v) is 10.2. The van der Waals surface area contributed by atoms with E-state index in [0.29, 0.717) is 5.56 Å². The number of hydrazone groups is 1. The number of anilines is 1. The van der Waals surface area contributed by atoms with Gasteiger partial charge in [-0.3, -0.25) is 19.4 Å². The van der Waals surface area contributed by atoms with Gasteiger partial charge in [0.1, 0.15) is 6.04 Å². The second-order valence-corrected chi connectivity index (χ2v) is 7.77. The van der Waals surface area contributed by atoms with E-state index in [9.17, 15) is 19.2 Å². The minimum absolute atomic E-state index is 0.108. The van der Waals surface area contributed by atoms with Gasteiger partial charge < -0.3 is 4.74 Å². The Morgan fingerprint density at radius 3 is 2.38 bits per heavy atom. The molecule has 1 unspecified atom stereocenters. The van der Waals surface area contributed by atoms with Gasteiger partial charge in [0.15, 0.2) is 5.78 Å². The predicted molar refractivity (Wildman–Crippen MR) is 115 cm³/mol. The highest BCUT2D eigenvalue weighted by Gasteiger charge is 2.64.